The number of aryl methyl sites for hydroxylation is 2. The highest BCUT2D eigenvalue weighted by Crippen LogP contribution is 2.16. The van der Waals surface area contributed by atoms with Gasteiger partial charge in [0.1, 0.15) is 11.7 Å². The largest absolute Gasteiger partial charge is 0.383 e. The van der Waals surface area contributed by atoms with Crippen molar-refractivity contribution < 1.29 is 4.39 Å². The number of fused-ring (bicyclic) bond motifs is 1. The van der Waals surface area contributed by atoms with Crippen molar-refractivity contribution in [1.29, 1.82) is 0 Å². The molecule has 3 aromatic rings. The lowest BCUT2D eigenvalue weighted by molar-refractivity contribution is 0.628. The van der Waals surface area contributed by atoms with E-state index in [1.54, 1.807) is 22.8 Å². The smallest absolute Gasteiger partial charge is 0.166 e. The van der Waals surface area contributed by atoms with Crippen molar-refractivity contribution in [2.75, 3.05) is 0 Å². The lowest BCUT2D eigenvalue weighted by Gasteiger charge is -2.02. The van der Waals surface area contributed by atoms with Crippen LogP contribution >= 0.6 is 0 Å². The van der Waals surface area contributed by atoms with Crippen LogP contribution in [0.4, 0.5) is 10.1 Å². The minimum atomic E-state index is -0.309. The second kappa shape index (κ2) is 4.97. The van der Waals surface area contributed by atoms with E-state index in [4.69, 9.17) is 5.73 Å². The molecule has 2 N–H and O–H groups in total. The van der Waals surface area contributed by atoms with Crippen molar-refractivity contribution >= 4 is 17.2 Å². The van der Waals surface area contributed by atoms with Gasteiger partial charge in [0, 0.05) is 11.4 Å². The van der Waals surface area contributed by atoms with Gasteiger partial charge in [-0.15, -0.1) is 0 Å². The number of aromatic nitrogens is 3. The molecule has 2 aromatic heterocycles. The summed E-state index contributed by atoms with van der Waals surface area (Å²) < 4.78 is 14.6. The molecule has 0 radical (unpaired) electrons. The molecule has 0 amide bonds. The monoisotopic (exact) mass is 283 g/mol. The molecule has 5 nitrogen and oxygen atoms in total. The first-order chi connectivity index (χ1) is 10.0. The van der Waals surface area contributed by atoms with Crippen LogP contribution in [0, 0.1) is 19.7 Å². The summed E-state index contributed by atoms with van der Waals surface area (Å²) in [5, 5.41) is 4.27. The lowest BCUT2D eigenvalue weighted by atomic mass is 10.2. The van der Waals surface area contributed by atoms with Gasteiger partial charge in [0.25, 0.3) is 0 Å². The van der Waals surface area contributed by atoms with Gasteiger partial charge in [0.15, 0.2) is 5.65 Å². The summed E-state index contributed by atoms with van der Waals surface area (Å²) in [5.41, 5.74) is 9.80. The predicted molar refractivity (Wildman–Crippen MR) is 79.2 cm³/mol. The molecule has 0 aliphatic carbocycles. The lowest BCUT2D eigenvalue weighted by Crippen LogP contribution is -2.13. The Morgan fingerprint density at radius 3 is 2.67 bits per heavy atom. The molecule has 0 spiro atoms. The Hall–Kier alpha value is -2.76. The summed E-state index contributed by atoms with van der Waals surface area (Å²) in [6.07, 6.45) is 1.64. The molecular formula is C15H14FN5. The summed E-state index contributed by atoms with van der Waals surface area (Å²) in [5.74, 6) is -0.00877. The molecule has 0 fully saturated rings. The third-order valence-corrected chi connectivity index (χ3v) is 3.13. The van der Waals surface area contributed by atoms with Crippen molar-refractivity contribution in [2.24, 2.45) is 10.7 Å². The summed E-state index contributed by atoms with van der Waals surface area (Å²) in [4.78, 5) is 8.74. The highest BCUT2D eigenvalue weighted by atomic mass is 19.1. The summed E-state index contributed by atoms with van der Waals surface area (Å²) in [6.45, 7) is 3.86. The zero-order chi connectivity index (χ0) is 15.0. The van der Waals surface area contributed by atoms with Gasteiger partial charge in [-0.1, -0.05) is 0 Å². The third-order valence-electron chi connectivity index (χ3n) is 3.13. The molecule has 0 bridgehead atoms. The Morgan fingerprint density at radius 2 is 1.95 bits per heavy atom. The second-order valence-electron chi connectivity index (χ2n) is 4.81. The van der Waals surface area contributed by atoms with E-state index in [0.29, 0.717) is 22.7 Å². The molecule has 0 atom stereocenters. The first-order valence-electron chi connectivity index (χ1n) is 6.46. The van der Waals surface area contributed by atoms with E-state index in [1.165, 1.54) is 12.1 Å². The zero-order valence-electron chi connectivity index (χ0n) is 11.7. The number of aliphatic imine (C=N–C) groups is 1. The van der Waals surface area contributed by atoms with Gasteiger partial charge in [0.05, 0.1) is 17.4 Å². The number of benzene rings is 1. The Kier molecular flexibility index (Phi) is 3.13. The highest BCUT2D eigenvalue weighted by Gasteiger charge is 2.11. The fourth-order valence-electron chi connectivity index (χ4n) is 2.17. The van der Waals surface area contributed by atoms with E-state index >= 15 is 0 Å². The molecule has 3 rings (SSSR count). The quantitative estimate of drug-likeness (QED) is 0.580. The van der Waals surface area contributed by atoms with Crippen LogP contribution < -0.4 is 5.73 Å². The van der Waals surface area contributed by atoms with E-state index in [2.05, 4.69) is 15.1 Å². The zero-order valence-corrected chi connectivity index (χ0v) is 11.7. The van der Waals surface area contributed by atoms with Crippen LogP contribution in [0.15, 0.2) is 41.5 Å². The standard InChI is InChI=1S/C15H14FN5/c1-9-7-10(2)21-15(19-9)13(8-18-21)14(17)20-12-5-3-11(16)4-6-12/h3-8H,1-2H3,(H2,17,20). The Morgan fingerprint density at radius 1 is 1.24 bits per heavy atom. The maximum Gasteiger partial charge on any atom is 0.166 e. The van der Waals surface area contributed by atoms with E-state index in [1.807, 2.05) is 19.9 Å². The van der Waals surface area contributed by atoms with Crippen LogP contribution in [0.1, 0.15) is 17.0 Å². The topological polar surface area (TPSA) is 68.6 Å². The number of hydrogen-bond donors (Lipinski definition) is 1. The fraction of sp³-hybridized carbons (Fsp3) is 0.133. The van der Waals surface area contributed by atoms with Crippen molar-refractivity contribution in [3.63, 3.8) is 0 Å². The van der Waals surface area contributed by atoms with Crippen molar-refractivity contribution in [2.45, 2.75) is 13.8 Å². The van der Waals surface area contributed by atoms with Crippen LogP contribution in [0.3, 0.4) is 0 Å². The normalized spacial score (nSPS) is 12.0. The molecule has 6 heteroatoms. The Balaban J connectivity index is 2.09. The number of hydrogen-bond acceptors (Lipinski definition) is 3. The van der Waals surface area contributed by atoms with E-state index in [9.17, 15) is 4.39 Å². The fourth-order valence-corrected chi connectivity index (χ4v) is 2.17. The molecule has 0 saturated heterocycles. The van der Waals surface area contributed by atoms with E-state index in [0.717, 1.165) is 11.4 Å². The number of amidine groups is 1. The van der Waals surface area contributed by atoms with Gasteiger partial charge in [-0.2, -0.15) is 5.10 Å². The van der Waals surface area contributed by atoms with E-state index < -0.39 is 0 Å². The molecule has 2 heterocycles. The molecule has 1 aromatic carbocycles. The SMILES string of the molecule is Cc1cc(C)n2ncc(C(N)=Nc3ccc(F)cc3)c2n1. The molecule has 0 saturated carbocycles. The van der Waals surface area contributed by atoms with Crippen LogP contribution in [0.2, 0.25) is 0 Å². The van der Waals surface area contributed by atoms with Gasteiger partial charge in [0.2, 0.25) is 0 Å². The van der Waals surface area contributed by atoms with Crippen LogP contribution in [-0.4, -0.2) is 20.4 Å². The van der Waals surface area contributed by atoms with Gasteiger partial charge in [-0.3, -0.25) is 0 Å². The number of rotatable bonds is 2. The highest BCUT2D eigenvalue weighted by molar-refractivity contribution is 6.03. The molecule has 0 unspecified atom stereocenters. The number of halogens is 1. The minimum Gasteiger partial charge on any atom is -0.383 e. The maximum atomic E-state index is 12.9. The van der Waals surface area contributed by atoms with Crippen LogP contribution in [-0.2, 0) is 0 Å². The van der Waals surface area contributed by atoms with Gasteiger partial charge in [-0.25, -0.2) is 18.9 Å². The maximum absolute atomic E-state index is 12.9. The third kappa shape index (κ3) is 2.47. The average Bonchev–Trinajstić information content (AvgIpc) is 2.85. The molecule has 0 aliphatic heterocycles. The number of nitrogens with zero attached hydrogens (tertiary/aromatic N) is 4. The van der Waals surface area contributed by atoms with Gasteiger partial charge >= 0.3 is 0 Å². The Bertz CT molecular complexity index is 833. The van der Waals surface area contributed by atoms with Crippen molar-refractivity contribution in [1.82, 2.24) is 14.6 Å². The summed E-state index contributed by atoms with van der Waals surface area (Å²) in [6, 6.07) is 7.76. The van der Waals surface area contributed by atoms with Crippen LogP contribution in [0.5, 0.6) is 0 Å². The molecule has 0 aliphatic rings. The first-order valence-corrected chi connectivity index (χ1v) is 6.46. The van der Waals surface area contributed by atoms with Crippen molar-refractivity contribution in [3.8, 4) is 0 Å². The van der Waals surface area contributed by atoms with Crippen molar-refractivity contribution in [3.05, 3.63) is 59.3 Å². The first kappa shape index (κ1) is 13.2. The van der Waals surface area contributed by atoms with Gasteiger partial charge < -0.3 is 5.73 Å². The average molecular weight is 283 g/mol. The van der Waals surface area contributed by atoms with Crippen LogP contribution in [0.25, 0.3) is 5.65 Å². The summed E-state index contributed by atoms with van der Waals surface area (Å²) >= 11 is 0. The van der Waals surface area contributed by atoms with E-state index in [-0.39, 0.29) is 5.82 Å². The summed E-state index contributed by atoms with van der Waals surface area (Å²) in [7, 11) is 0. The minimum absolute atomic E-state index is 0.300. The molecule has 106 valence electrons. The van der Waals surface area contributed by atoms with Gasteiger partial charge in [-0.05, 0) is 44.2 Å². The second-order valence-corrected chi connectivity index (χ2v) is 4.81. The predicted octanol–water partition coefficient (Wildman–Crippen LogP) is 2.52. The number of nitrogens with two attached hydrogens (primary N) is 1. The molecular weight excluding hydrogens is 269 g/mol. The molecule has 21 heavy (non-hydrogen) atoms. The Labute approximate surface area is 121 Å².